The molecule has 0 fully saturated rings. The molecular formula is C20H33N3O6S. The molecule has 0 spiro atoms. The fraction of sp³-hybridized carbons (Fsp3) is 0.600. The second-order valence-electron chi connectivity index (χ2n) is 6.91. The van der Waals surface area contributed by atoms with Gasteiger partial charge < -0.3 is 19.7 Å². The molecule has 9 nitrogen and oxygen atoms in total. The zero-order chi connectivity index (χ0) is 22.7. The van der Waals surface area contributed by atoms with Gasteiger partial charge in [-0.15, -0.1) is 0 Å². The highest BCUT2D eigenvalue weighted by Gasteiger charge is 2.28. The summed E-state index contributed by atoms with van der Waals surface area (Å²) in [7, 11) is -0.637. The summed E-state index contributed by atoms with van der Waals surface area (Å²) in [4.78, 5) is 26.9. The van der Waals surface area contributed by atoms with E-state index >= 15 is 0 Å². The molecule has 0 radical (unpaired) electrons. The quantitative estimate of drug-likeness (QED) is 0.453. The van der Waals surface area contributed by atoms with E-state index in [0.29, 0.717) is 31.9 Å². The Morgan fingerprint density at radius 2 is 1.83 bits per heavy atom. The molecule has 1 rings (SSSR count). The van der Waals surface area contributed by atoms with Crippen LogP contribution in [0.3, 0.4) is 0 Å². The van der Waals surface area contributed by atoms with Crippen LogP contribution in [0.5, 0.6) is 5.75 Å². The van der Waals surface area contributed by atoms with Gasteiger partial charge in [-0.25, -0.2) is 8.42 Å². The molecule has 0 saturated carbocycles. The van der Waals surface area contributed by atoms with Gasteiger partial charge in [-0.1, -0.05) is 12.1 Å². The number of amides is 2. The Bertz CT molecular complexity index is 782. The Labute approximate surface area is 179 Å². The number of hydrogen-bond acceptors (Lipinski definition) is 6. The molecule has 2 amide bonds. The SMILES string of the molecule is CCOCCCNC(=O)[C@H](C)N(Cc1ccc(OC)cc1)C(=O)CN(C)S(C)(=O)=O. The summed E-state index contributed by atoms with van der Waals surface area (Å²) >= 11 is 0. The van der Waals surface area contributed by atoms with Gasteiger partial charge in [-0.3, -0.25) is 9.59 Å². The summed E-state index contributed by atoms with van der Waals surface area (Å²) in [5, 5.41) is 2.80. The minimum Gasteiger partial charge on any atom is -0.497 e. The van der Waals surface area contributed by atoms with Crippen LogP contribution in [-0.2, 0) is 30.9 Å². The van der Waals surface area contributed by atoms with Crippen molar-refractivity contribution in [2.75, 3.05) is 46.7 Å². The maximum absolute atomic E-state index is 12.9. The summed E-state index contributed by atoms with van der Waals surface area (Å²) in [5.74, 6) is -0.0976. The fourth-order valence-corrected chi connectivity index (χ4v) is 2.93. The first kappa shape index (κ1) is 25.9. The van der Waals surface area contributed by atoms with Gasteiger partial charge in [0.2, 0.25) is 21.8 Å². The summed E-state index contributed by atoms with van der Waals surface area (Å²) in [5.41, 5.74) is 0.794. The summed E-state index contributed by atoms with van der Waals surface area (Å²) in [6.45, 7) is 4.92. The van der Waals surface area contributed by atoms with Crippen LogP contribution in [0.15, 0.2) is 24.3 Å². The standard InChI is InChI=1S/C20H33N3O6S/c1-6-29-13-7-12-21-20(25)16(2)23(19(24)15-22(3)30(5,26)27)14-17-8-10-18(28-4)11-9-17/h8-11,16H,6-7,12-15H2,1-5H3,(H,21,25)/t16-/m0/s1. The van der Waals surface area contributed by atoms with Crippen LogP contribution in [-0.4, -0.2) is 82.2 Å². The number of benzene rings is 1. The number of hydrogen-bond donors (Lipinski definition) is 1. The maximum Gasteiger partial charge on any atom is 0.242 e. The van der Waals surface area contributed by atoms with Crippen LogP contribution < -0.4 is 10.1 Å². The van der Waals surface area contributed by atoms with Crippen molar-refractivity contribution in [3.05, 3.63) is 29.8 Å². The van der Waals surface area contributed by atoms with Gasteiger partial charge in [0.25, 0.3) is 0 Å². The smallest absolute Gasteiger partial charge is 0.242 e. The average molecular weight is 444 g/mol. The molecule has 0 heterocycles. The zero-order valence-electron chi connectivity index (χ0n) is 18.4. The van der Waals surface area contributed by atoms with Crippen molar-refractivity contribution in [1.29, 1.82) is 0 Å². The first-order valence-electron chi connectivity index (χ1n) is 9.79. The zero-order valence-corrected chi connectivity index (χ0v) is 19.2. The Morgan fingerprint density at radius 1 is 1.20 bits per heavy atom. The normalized spacial score (nSPS) is 12.5. The number of likely N-dealkylation sites (N-methyl/N-ethyl adjacent to an activating group) is 1. The first-order valence-corrected chi connectivity index (χ1v) is 11.6. The summed E-state index contributed by atoms with van der Waals surface area (Å²) in [6, 6.07) is 6.34. The number of ether oxygens (including phenoxy) is 2. The molecular weight excluding hydrogens is 410 g/mol. The average Bonchev–Trinajstić information content (AvgIpc) is 2.70. The molecule has 10 heteroatoms. The van der Waals surface area contributed by atoms with Gasteiger partial charge in [-0.05, 0) is 38.0 Å². The number of nitrogens with one attached hydrogen (secondary N) is 1. The Balaban J connectivity index is 2.91. The lowest BCUT2D eigenvalue weighted by Gasteiger charge is -2.30. The molecule has 170 valence electrons. The second kappa shape index (κ2) is 12.5. The summed E-state index contributed by atoms with van der Waals surface area (Å²) < 4.78 is 34.7. The largest absolute Gasteiger partial charge is 0.497 e. The molecule has 0 saturated heterocycles. The van der Waals surface area contributed by atoms with Crippen LogP contribution in [0.1, 0.15) is 25.8 Å². The predicted molar refractivity (Wildman–Crippen MR) is 115 cm³/mol. The van der Waals surface area contributed by atoms with E-state index in [1.54, 1.807) is 38.3 Å². The lowest BCUT2D eigenvalue weighted by Crippen LogP contribution is -2.50. The molecule has 0 aliphatic heterocycles. The minimum absolute atomic E-state index is 0.161. The lowest BCUT2D eigenvalue weighted by molar-refractivity contribution is -0.140. The van der Waals surface area contributed by atoms with E-state index in [1.165, 1.54) is 11.9 Å². The molecule has 1 aromatic carbocycles. The molecule has 0 unspecified atom stereocenters. The maximum atomic E-state index is 12.9. The van der Waals surface area contributed by atoms with Crippen LogP contribution in [0, 0.1) is 0 Å². The van der Waals surface area contributed by atoms with E-state index in [2.05, 4.69) is 5.32 Å². The van der Waals surface area contributed by atoms with Crippen LogP contribution in [0.25, 0.3) is 0 Å². The molecule has 0 aliphatic rings. The highest BCUT2D eigenvalue weighted by atomic mass is 32.2. The molecule has 30 heavy (non-hydrogen) atoms. The third-order valence-corrected chi connectivity index (χ3v) is 5.83. The van der Waals surface area contributed by atoms with Gasteiger partial charge in [-0.2, -0.15) is 4.31 Å². The molecule has 0 bridgehead atoms. The van der Waals surface area contributed by atoms with Crippen molar-refractivity contribution in [3.63, 3.8) is 0 Å². The lowest BCUT2D eigenvalue weighted by atomic mass is 10.1. The van der Waals surface area contributed by atoms with Crippen molar-refractivity contribution in [3.8, 4) is 5.75 Å². The van der Waals surface area contributed by atoms with Crippen LogP contribution >= 0.6 is 0 Å². The first-order chi connectivity index (χ1) is 14.1. The van der Waals surface area contributed by atoms with E-state index in [0.717, 1.165) is 16.1 Å². The third kappa shape index (κ3) is 8.68. The minimum atomic E-state index is -3.53. The molecule has 1 atom stereocenters. The number of rotatable bonds is 13. The number of nitrogens with zero attached hydrogens (tertiary/aromatic N) is 2. The number of carbonyl (C=O) groups is 2. The monoisotopic (exact) mass is 443 g/mol. The van der Waals surface area contributed by atoms with Gasteiger partial charge in [0, 0.05) is 33.4 Å². The second-order valence-corrected chi connectivity index (χ2v) is 9.00. The number of carbonyl (C=O) groups excluding carboxylic acids is 2. The highest BCUT2D eigenvalue weighted by Crippen LogP contribution is 2.15. The molecule has 1 aromatic rings. The summed E-state index contributed by atoms with van der Waals surface area (Å²) in [6.07, 6.45) is 1.69. The number of sulfonamides is 1. The van der Waals surface area contributed by atoms with Crippen molar-refractivity contribution in [2.24, 2.45) is 0 Å². The van der Waals surface area contributed by atoms with Crippen molar-refractivity contribution in [1.82, 2.24) is 14.5 Å². The predicted octanol–water partition coefficient (Wildman–Crippen LogP) is 0.847. The van der Waals surface area contributed by atoms with E-state index in [-0.39, 0.29) is 19.0 Å². The van der Waals surface area contributed by atoms with E-state index in [9.17, 15) is 18.0 Å². The van der Waals surface area contributed by atoms with Gasteiger partial charge in [0.1, 0.15) is 11.8 Å². The van der Waals surface area contributed by atoms with Crippen LogP contribution in [0.4, 0.5) is 0 Å². The van der Waals surface area contributed by atoms with Crippen LogP contribution in [0.2, 0.25) is 0 Å². The highest BCUT2D eigenvalue weighted by molar-refractivity contribution is 7.88. The van der Waals surface area contributed by atoms with E-state index < -0.39 is 22.0 Å². The van der Waals surface area contributed by atoms with Gasteiger partial charge in [0.05, 0.1) is 19.9 Å². The van der Waals surface area contributed by atoms with Crippen molar-refractivity contribution < 1.29 is 27.5 Å². The van der Waals surface area contributed by atoms with Crippen molar-refractivity contribution >= 4 is 21.8 Å². The fourth-order valence-electron chi connectivity index (χ4n) is 2.59. The molecule has 0 aromatic heterocycles. The van der Waals surface area contributed by atoms with Crippen molar-refractivity contribution in [2.45, 2.75) is 32.9 Å². The van der Waals surface area contributed by atoms with E-state index in [1.807, 2.05) is 6.92 Å². The Morgan fingerprint density at radius 3 is 2.37 bits per heavy atom. The molecule has 1 N–H and O–H groups in total. The molecule has 0 aliphatic carbocycles. The van der Waals surface area contributed by atoms with E-state index in [4.69, 9.17) is 9.47 Å². The van der Waals surface area contributed by atoms with Gasteiger partial charge >= 0.3 is 0 Å². The third-order valence-electron chi connectivity index (χ3n) is 4.57. The Kier molecular flexibility index (Phi) is 10.8. The Hall–Kier alpha value is -2.17. The number of methoxy groups -OCH3 is 1. The van der Waals surface area contributed by atoms with Gasteiger partial charge in [0.15, 0.2) is 0 Å². The topological polar surface area (TPSA) is 105 Å².